The molecule has 1 atom stereocenters. The summed E-state index contributed by atoms with van der Waals surface area (Å²) in [7, 11) is 0. The molecule has 0 saturated carbocycles. The third kappa shape index (κ3) is 3.94. The molecule has 1 amide bonds. The number of amides is 1. The molecule has 1 aliphatic rings. The summed E-state index contributed by atoms with van der Waals surface area (Å²) in [6.07, 6.45) is 0.276. The van der Waals surface area contributed by atoms with Crippen LogP contribution in [0.1, 0.15) is 17.3 Å². The van der Waals surface area contributed by atoms with Crippen LogP contribution >= 0.6 is 23.2 Å². The minimum Gasteiger partial charge on any atom is -0.454 e. The fourth-order valence-corrected chi connectivity index (χ4v) is 2.46. The minimum absolute atomic E-state index is 0.0987. The van der Waals surface area contributed by atoms with Gasteiger partial charge in [0.2, 0.25) is 6.79 Å². The number of esters is 1. The van der Waals surface area contributed by atoms with Gasteiger partial charge >= 0.3 is 5.97 Å². The summed E-state index contributed by atoms with van der Waals surface area (Å²) in [5.41, 5.74) is 0.242. The fourth-order valence-electron chi connectivity index (χ4n) is 2.03. The minimum atomic E-state index is -1.06. The number of ether oxygens (including phenoxy) is 3. The first kappa shape index (κ1) is 17.3. The average Bonchev–Trinajstić information content (AvgIpc) is 3.04. The number of carbonyl (C=O) groups is 2. The zero-order chi connectivity index (χ0) is 18.0. The molecule has 0 spiro atoms. The summed E-state index contributed by atoms with van der Waals surface area (Å²) in [6, 6.07) is 6.06. The number of benzene rings is 1. The lowest BCUT2D eigenvalue weighted by Crippen LogP contribution is -2.30. The molecule has 9 heteroatoms. The van der Waals surface area contributed by atoms with E-state index in [2.05, 4.69) is 10.3 Å². The summed E-state index contributed by atoms with van der Waals surface area (Å²) < 4.78 is 15.5. The van der Waals surface area contributed by atoms with E-state index in [1.165, 1.54) is 31.3 Å². The SMILES string of the molecule is C[C@H](OC(=O)c1ccc2c(c1)OCO2)C(=O)Nc1ncc(Cl)cc1Cl. The molecule has 25 heavy (non-hydrogen) atoms. The van der Waals surface area contributed by atoms with Crippen LogP contribution in [0.2, 0.25) is 10.0 Å². The molecule has 1 aromatic carbocycles. The van der Waals surface area contributed by atoms with E-state index in [1.54, 1.807) is 6.07 Å². The van der Waals surface area contributed by atoms with Crippen LogP contribution in [0, 0.1) is 0 Å². The van der Waals surface area contributed by atoms with Gasteiger partial charge in [-0.05, 0) is 31.2 Å². The zero-order valence-corrected chi connectivity index (χ0v) is 14.4. The lowest BCUT2D eigenvalue weighted by Gasteiger charge is -2.14. The van der Waals surface area contributed by atoms with Crippen molar-refractivity contribution in [3.05, 3.63) is 46.1 Å². The highest BCUT2D eigenvalue weighted by Crippen LogP contribution is 2.32. The Hall–Kier alpha value is -2.51. The quantitative estimate of drug-likeness (QED) is 0.816. The maximum Gasteiger partial charge on any atom is 0.339 e. The number of hydrogen-bond donors (Lipinski definition) is 1. The van der Waals surface area contributed by atoms with Gasteiger partial charge in [0.15, 0.2) is 23.4 Å². The molecule has 0 aliphatic carbocycles. The number of carbonyl (C=O) groups excluding carboxylic acids is 2. The lowest BCUT2D eigenvalue weighted by molar-refractivity contribution is -0.123. The Morgan fingerprint density at radius 1 is 1.24 bits per heavy atom. The number of anilines is 1. The van der Waals surface area contributed by atoms with Crippen LogP contribution in [-0.2, 0) is 9.53 Å². The second kappa shape index (κ2) is 7.16. The molecule has 1 aromatic heterocycles. The number of hydrogen-bond acceptors (Lipinski definition) is 6. The Labute approximate surface area is 152 Å². The number of nitrogens with one attached hydrogen (secondary N) is 1. The molecule has 1 aliphatic heterocycles. The molecule has 3 rings (SSSR count). The van der Waals surface area contributed by atoms with E-state index in [0.717, 1.165) is 0 Å². The molecule has 0 saturated heterocycles. The number of pyridine rings is 1. The van der Waals surface area contributed by atoms with Crippen molar-refractivity contribution in [2.45, 2.75) is 13.0 Å². The lowest BCUT2D eigenvalue weighted by atomic mass is 10.2. The Morgan fingerprint density at radius 2 is 2.00 bits per heavy atom. The standard InChI is InChI=1S/C16H12Cl2N2O5/c1-8(15(21)20-14-11(18)5-10(17)6-19-14)25-16(22)9-2-3-12-13(4-9)24-7-23-12/h2-6,8H,7H2,1H3,(H,19,20,21)/t8-/m0/s1. The molecule has 2 heterocycles. The third-order valence-electron chi connectivity index (χ3n) is 3.31. The van der Waals surface area contributed by atoms with Gasteiger partial charge in [0.1, 0.15) is 0 Å². The van der Waals surface area contributed by atoms with Gasteiger partial charge in [0, 0.05) is 6.20 Å². The Morgan fingerprint density at radius 3 is 2.76 bits per heavy atom. The van der Waals surface area contributed by atoms with E-state index in [4.69, 9.17) is 37.4 Å². The molecule has 1 N–H and O–H groups in total. The maximum absolute atomic E-state index is 12.2. The van der Waals surface area contributed by atoms with Gasteiger partial charge in [-0.3, -0.25) is 4.79 Å². The van der Waals surface area contributed by atoms with Gasteiger partial charge in [0.05, 0.1) is 15.6 Å². The first-order valence-corrected chi connectivity index (χ1v) is 7.92. The number of halogens is 2. The molecule has 0 radical (unpaired) electrons. The average molecular weight is 383 g/mol. The normalized spacial score (nSPS) is 13.2. The molecule has 2 aromatic rings. The van der Waals surface area contributed by atoms with Gasteiger partial charge in [0.25, 0.3) is 5.91 Å². The summed E-state index contributed by atoms with van der Waals surface area (Å²) in [5, 5.41) is 2.99. The van der Waals surface area contributed by atoms with Crippen molar-refractivity contribution in [3.63, 3.8) is 0 Å². The summed E-state index contributed by atoms with van der Waals surface area (Å²) in [6.45, 7) is 1.53. The van der Waals surface area contributed by atoms with Crippen LogP contribution in [0.25, 0.3) is 0 Å². The van der Waals surface area contributed by atoms with Crippen LogP contribution < -0.4 is 14.8 Å². The molecule has 0 fully saturated rings. The summed E-state index contributed by atoms with van der Waals surface area (Å²) in [4.78, 5) is 28.2. The van der Waals surface area contributed by atoms with Crippen LogP contribution in [0.3, 0.4) is 0 Å². The van der Waals surface area contributed by atoms with E-state index >= 15 is 0 Å². The van der Waals surface area contributed by atoms with E-state index in [0.29, 0.717) is 16.5 Å². The smallest absolute Gasteiger partial charge is 0.339 e. The number of nitrogens with zero attached hydrogens (tertiary/aromatic N) is 1. The number of aromatic nitrogens is 1. The number of rotatable bonds is 4. The molecule has 0 bridgehead atoms. The Kier molecular flexibility index (Phi) is 4.96. The summed E-state index contributed by atoms with van der Waals surface area (Å²) in [5.74, 6) is -0.126. The van der Waals surface area contributed by atoms with Crippen molar-refractivity contribution in [2.75, 3.05) is 12.1 Å². The largest absolute Gasteiger partial charge is 0.454 e. The van der Waals surface area contributed by atoms with E-state index in [9.17, 15) is 9.59 Å². The maximum atomic E-state index is 12.2. The van der Waals surface area contributed by atoms with Gasteiger partial charge in [-0.15, -0.1) is 0 Å². The molecular weight excluding hydrogens is 371 g/mol. The highest BCUT2D eigenvalue weighted by molar-refractivity contribution is 6.36. The number of fused-ring (bicyclic) bond motifs is 1. The van der Waals surface area contributed by atoms with E-state index in [-0.39, 0.29) is 23.2 Å². The van der Waals surface area contributed by atoms with Gasteiger partial charge < -0.3 is 19.5 Å². The summed E-state index contributed by atoms with van der Waals surface area (Å²) >= 11 is 11.7. The molecule has 0 unspecified atom stereocenters. The Bertz CT molecular complexity index is 843. The molecule has 7 nitrogen and oxygen atoms in total. The van der Waals surface area contributed by atoms with E-state index < -0.39 is 18.0 Å². The van der Waals surface area contributed by atoms with Gasteiger partial charge in [-0.1, -0.05) is 23.2 Å². The van der Waals surface area contributed by atoms with Crippen molar-refractivity contribution in [1.29, 1.82) is 0 Å². The van der Waals surface area contributed by atoms with Crippen molar-refractivity contribution < 1.29 is 23.8 Å². The van der Waals surface area contributed by atoms with Crippen molar-refractivity contribution in [1.82, 2.24) is 4.98 Å². The fraction of sp³-hybridized carbons (Fsp3) is 0.188. The second-order valence-corrected chi connectivity index (χ2v) is 5.93. The predicted octanol–water partition coefficient (Wildman–Crippen LogP) is 3.30. The topological polar surface area (TPSA) is 86.8 Å². The highest BCUT2D eigenvalue weighted by Gasteiger charge is 2.22. The van der Waals surface area contributed by atoms with Crippen molar-refractivity contribution >= 4 is 40.9 Å². The van der Waals surface area contributed by atoms with Gasteiger partial charge in [-0.2, -0.15) is 0 Å². The molecular formula is C16H12Cl2N2O5. The van der Waals surface area contributed by atoms with Crippen molar-refractivity contribution in [3.8, 4) is 11.5 Å². The van der Waals surface area contributed by atoms with Crippen LogP contribution in [0.15, 0.2) is 30.5 Å². The monoisotopic (exact) mass is 382 g/mol. The Balaban J connectivity index is 1.63. The van der Waals surface area contributed by atoms with Crippen molar-refractivity contribution in [2.24, 2.45) is 0 Å². The highest BCUT2D eigenvalue weighted by atomic mass is 35.5. The van der Waals surface area contributed by atoms with Crippen LogP contribution in [0.5, 0.6) is 11.5 Å². The third-order valence-corrected chi connectivity index (χ3v) is 3.81. The first-order chi connectivity index (χ1) is 11.9. The predicted molar refractivity (Wildman–Crippen MR) is 90.3 cm³/mol. The molecule has 130 valence electrons. The zero-order valence-electron chi connectivity index (χ0n) is 12.9. The van der Waals surface area contributed by atoms with E-state index in [1.807, 2.05) is 0 Å². The van der Waals surface area contributed by atoms with Gasteiger partial charge in [-0.25, -0.2) is 9.78 Å². The first-order valence-electron chi connectivity index (χ1n) is 7.16. The van der Waals surface area contributed by atoms with Crippen LogP contribution in [-0.4, -0.2) is 29.8 Å². The van der Waals surface area contributed by atoms with Crippen LogP contribution in [0.4, 0.5) is 5.82 Å². The second-order valence-electron chi connectivity index (χ2n) is 5.09.